The van der Waals surface area contributed by atoms with Gasteiger partial charge in [-0.25, -0.2) is 0 Å². The quantitative estimate of drug-likeness (QED) is 0.800. The van der Waals surface area contributed by atoms with Crippen LogP contribution in [0, 0.1) is 0 Å². The average Bonchev–Trinajstić information content (AvgIpc) is 2.57. The number of carbonyl (C=O) groups is 2. The monoisotopic (exact) mass is 314 g/mol. The molecule has 2 aromatic rings. The summed E-state index contributed by atoms with van der Waals surface area (Å²) in [5.41, 5.74) is 1.78. The van der Waals surface area contributed by atoms with E-state index in [1.165, 1.54) is 7.05 Å². The van der Waals surface area contributed by atoms with Crippen molar-refractivity contribution in [3.63, 3.8) is 0 Å². The highest BCUT2D eigenvalue weighted by molar-refractivity contribution is 6.26. The predicted molar refractivity (Wildman–Crippen MR) is 86.8 cm³/mol. The van der Waals surface area contributed by atoms with Crippen LogP contribution in [0.5, 0.6) is 0 Å². The molecule has 120 valence electrons. The van der Waals surface area contributed by atoms with Crippen LogP contribution in [0.15, 0.2) is 30.3 Å². The zero-order valence-corrected chi connectivity index (χ0v) is 12.8. The summed E-state index contributed by atoms with van der Waals surface area (Å²) < 4.78 is 0. The number of aliphatic hydroxyl groups is 2. The SMILES string of the molecule is CN1C(=O)c2cccc3c(N(CCO)CCO)ccc(c23)C1=O. The smallest absolute Gasteiger partial charge is 0.261 e. The molecule has 2 aromatic carbocycles. The van der Waals surface area contributed by atoms with Gasteiger partial charge >= 0.3 is 0 Å². The standard InChI is InChI=1S/C17H18N2O4/c1-18-16(22)12-4-2-3-11-14(19(7-9-20)8-10-21)6-5-13(15(11)12)17(18)23/h2-6,20-21H,7-10H2,1H3. The summed E-state index contributed by atoms with van der Waals surface area (Å²) in [6.45, 7) is 0.620. The molecule has 0 saturated heterocycles. The highest BCUT2D eigenvalue weighted by Crippen LogP contribution is 2.35. The predicted octanol–water partition coefficient (Wildman–Crippen LogP) is 0.857. The molecular formula is C17H18N2O4. The number of nitrogens with zero attached hydrogens (tertiary/aromatic N) is 2. The van der Waals surface area contributed by atoms with Crippen LogP contribution in [0.25, 0.3) is 10.8 Å². The van der Waals surface area contributed by atoms with Gasteiger partial charge in [0.1, 0.15) is 0 Å². The van der Waals surface area contributed by atoms with Gasteiger partial charge in [-0.1, -0.05) is 12.1 Å². The van der Waals surface area contributed by atoms with E-state index in [1.807, 2.05) is 11.0 Å². The van der Waals surface area contributed by atoms with Crippen LogP contribution < -0.4 is 4.90 Å². The van der Waals surface area contributed by atoms with Crippen LogP contribution in [0.3, 0.4) is 0 Å². The maximum Gasteiger partial charge on any atom is 0.261 e. The molecular weight excluding hydrogens is 296 g/mol. The average molecular weight is 314 g/mol. The maximum atomic E-state index is 12.4. The summed E-state index contributed by atoms with van der Waals surface area (Å²) in [6, 6.07) is 8.85. The van der Waals surface area contributed by atoms with Crippen molar-refractivity contribution in [1.82, 2.24) is 4.90 Å². The molecule has 3 rings (SSSR count). The van der Waals surface area contributed by atoms with Crippen molar-refractivity contribution in [1.29, 1.82) is 0 Å². The number of aliphatic hydroxyl groups excluding tert-OH is 2. The second-order valence-electron chi connectivity index (χ2n) is 5.46. The van der Waals surface area contributed by atoms with Crippen LogP contribution in [0.1, 0.15) is 20.7 Å². The molecule has 0 aromatic heterocycles. The van der Waals surface area contributed by atoms with Crippen molar-refractivity contribution in [3.05, 3.63) is 41.5 Å². The van der Waals surface area contributed by atoms with E-state index in [-0.39, 0.29) is 25.0 Å². The number of benzene rings is 2. The maximum absolute atomic E-state index is 12.4. The zero-order valence-electron chi connectivity index (χ0n) is 12.8. The first-order valence-electron chi connectivity index (χ1n) is 7.45. The number of amides is 2. The van der Waals surface area contributed by atoms with Crippen molar-refractivity contribution >= 4 is 28.3 Å². The molecule has 6 nitrogen and oxygen atoms in total. The van der Waals surface area contributed by atoms with Gasteiger partial charge in [-0.2, -0.15) is 0 Å². The molecule has 2 amide bonds. The topological polar surface area (TPSA) is 81.1 Å². The van der Waals surface area contributed by atoms with Gasteiger partial charge in [-0.15, -0.1) is 0 Å². The van der Waals surface area contributed by atoms with Crippen molar-refractivity contribution < 1.29 is 19.8 Å². The first kappa shape index (κ1) is 15.5. The Morgan fingerprint density at radius 3 is 2.17 bits per heavy atom. The fraction of sp³-hybridized carbons (Fsp3) is 0.294. The molecule has 0 bridgehead atoms. The van der Waals surface area contributed by atoms with E-state index in [0.717, 1.165) is 16.0 Å². The van der Waals surface area contributed by atoms with Gasteiger partial charge in [0.2, 0.25) is 0 Å². The van der Waals surface area contributed by atoms with Crippen molar-refractivity contribution in [3.8, 4) is 0 Å². The number of hydrogen-bond donors (Lipinski definition) is 2. The third-order valence-corrected chi connectivity index (χ3v) is 4.17. The Hall–Kier alpha value is -2.44. The van der Waals surface area contributed by atoms with Gasteiger partial charge in [0.05, 0.1) is 13.2 Å². The Bertz CT molecular complexity index is 759. The third kappa shape index (κ3) is 2.36. The minimum Gasteiger partial charge on any atom is -0.395 e. The van der Waals surface area contributed by atoms with Gasteiger partial charge in [0, 0.05) is 47.7 Å². The minimum atomic E-state index is -0.318. The van der Waals surface area contributed by atoms with E-state index in [4.69, 9.17) is 0 Å². The van der Waals surface area contributed by atoms with Gasteiger partial charge in [0.25, 0.3) is 11.8 Å². The fourth-order valence-corrected chi connectivity index (χ4v) is 3.07. The number of rotatable bonds is 5. The molecule has 6 heteroatoms. The molecule has 0 unspecified atom stereocenters. The number of carbonyl (C=O) groups excluding carboxylic acids is 2. The molecule has 0 atom stereocenters. The number of imide groups is 1. The highest BCUT2D eigenvalue weighted by Gasteiger charge is 2.31. The lowest BCUT2D eigenvalue weighted by Gasteiger charge is -2.28. The summed E-state index contributed by atoms with van der Waals surface area (Å²) in [6.07, 6.45) is 0. The lowest BCUT2D eigenvalue weighted by atomic mass is 9.93. The summed E-state index contributed by atoms with van der Waals surface area (Å²) in [4.78, 5) is 27.7. The molecule has 0 fully saturated rings. The Kier molecular flexibility index (Phi) is 4.02. The molecule has 0 saturated carbocycles. The largest absolute Gasteiger partial charge is 0.395 e. The van der Waals surface area contributed by atoms with E-state index >= 15 is 0 Å². The van der Waals surface area contributed by atoms with E-state index in [1.54, 1.807) is 24.3 Å². The fourth-order valence-electron chi connectivity index (χ4n) is 3.07. The van der Waals surface area contributed by atoms with Crippen LogP contribution in [0.4, 0.5) is 5.69 Å². The lowest BCUT2D eigenvalue weighted by Crippen LogP contribution is -2.37. The Morgan fingerprint density at radius 2 is 1.57 bits per heavy atom. The normalized spacial score (nSPS) is 13.8. The zero-order chi connectivity index (χ0) is 16.6. The van der Waals surface area contributed by atoms with Crippen LogP contribution in [0.2, 0.25) is 0 Å². The summed E-state index contributed by atoms with van der Waals surface area (Å²) in [5, 5.41) is 19.9. The third-order valence-electron chi connectivity index (χ3n) is 4.17. The van der Waals surface area contributed by atoms with Gasteiger partial charge in [0.15, 0.2) is 0 Å². The first-order valence-corrected chi connectivity index (χ1v) is 7.45. The molecule has 1 aliphatic rings. The van der Waals surface area contributed by atoms with Crippen molar-refractivity contribution in [2.24, 2.45) is 0 Å². The molecule has 0 spiro atoms. The highest BCUT2D eigenvalue weighted by atomic mass is 16.3. The molecule has 0 radical (unpaired) electrons. The van der Waals surface area contributed by atoms with Crippen molar-refractivity contribution in [2.45, 2.75) is 0 Å². The van der Waals surface area contributed by atoms with Crippen LogP contribution in [-0.4, -0.2) is 60.3 Å². The number of hydrogen-bond acceptors (Lipinski definition) is 5. The second kappa shape index (κ2) is 5.98. The van der Waals surface area contributed by atoms with E-state index in [2.05, 4.69) is 0 Å². The van der Waals surface area contributed by atoms with Gasteiger partial charge < -0.3 is 15.1 Å². The Morgan fingerprint density at radius 1 is 0.957 bits per heavy atom. The summed E-state index contributed by atoms with van der Waals surface area (Å²) in [5.74, 6) is -0.637. The summed E-state index contributed by atoms with van der Waals surface area (Å²) in [7, 11) is 1.48. The molecule has 1 aliphatic heterocycles. The van der Waals surface area contributed by atoms with E-state index in [0.29, 0.717) is 29.6 Å². The van der Waals surface area contributed by atoms with Gasteiger partial charge in [-0.05, 0) is 18.2 Å². The lowest BCUT2D eigenvalue weighted by molar-refractivity contribution is 0.0650. The molecule has 0 aliphatic carbocycles. The molecule has 1 heterocycles. The minimum absolute atomic E-state index is 0.0520. The first-order chi connectivity index (χ1) is 11.1. The summed E-state index contributed by atoms with van der Waals surface area (Å²) >= 11 is 0. The molecule has 23 heavy (non-hydrogen) atoms. The number of anilines is 1. The Balaban J connectivity index is 2.26. The van der Waals surface area contributed by atoms with Crippen LogP contribution >= 0.6 is 0 Å². The van der Waals surface area contributed by atoms with Gasteiger partial charge in [-0.3, -0.25) is 14.5 Å². The van der Waals surface area contributed by atoms with E-state index < -0.39 is 0 Å². The second-order valence-corrected chi connectivity index (χ2v) is 5.46. The molecule has 2 N–H and O–H groups in total. The van der Waals surface area contributed by atoms with Crippen molar-refractivity contribution in [2.75, 3.05) is 38.3 Å². The van der Waals surface area contributed by atoms with Crippen LogP contribution in [-0.2, 0) is 0 Å². The Labute approximate surface area is 133 Å². The van der Waals surface area contributed by atoms with E-state index in [9.17, 15) is 19.8 Å².